The second-order valence-electron chi connectivity index (χ2n) is 4.88. The summed E-state index contributed by atoms with van der Waals surface area (Å²) in [6.45, 7) is 0.927. The fourth-order valence-corrected chi connectivity index (χ4v) is 2.71. The van der Waals surface area contributed by atoms with Crippen molar-refractivity contribution in [1.82, 2.24) is 0 Å². The van der Waals surface area contributed by atoms with Gasteiger partial charge in [-0.2, -0.15) is 0 Å². The smallest absolute Gasteiger partial charge is 0.231 e. The van der Waals surface area contributed by atoms with Crippen molar-refractivity contribution >= 4 is 0 Å². The van der Waals surface area contributed by atoms with Crippen LogP contribution in [0, 0.1) is 0 Å². The van der Waals surface area contributed by atoms with Gasteiger partial charge in [-0.3, -0.25) is 0 Å². The van der Waals surface area contributed by atoms with Crippen LogP contribution in [0.1, 0.15) is 17.0 Å². The fourth-order valence-electron chi connectivity index (χ4n) is 2.71. The first-order chi connectivity index (χ1) is 9.85. The normalized spacial score (nSPS) is 18.6. The molecular formula is C16H14O4. The molecule has 4 nitrogen and oxygen atoms in total. The average molecular weight is 270 g/mol. The van der Waals surface area contributed by atoms with Crippen LogP contribution in [0.4, 0.5) is 0 Å². The molecule has 0 aromatic heterocycles. The van der Waals surface area contributed by atoms with E-state index in [0.717, 1.165) is 28.6 Å². The van der Waals surface area contributed by atoms with E-state index in [2.05, 4.69) is 12.1 Å². The molecule has 1 atom stereocenters. The summed E-state index contributed by atoms with van der Waals surface area (Å²) >= 11 is 0. The molecule has 1 unspecified atom stereocenters. The molecule has 2 aromatic carbocycles. The van der Waals surface area contributed by atoms with Crippen LogP contribution >= 0.6 is 0 Å². The molecule has 2 aliphatic rings. The van der Waals surface area contributed by atoms with Crippen molar-refractivity contribution in [3.63, 3.8) is 0 Å². The maximum atomic E-state index is 5.78. The quantitative estimate of drug-likeness (QED) is 0.840. The maximum absolute atomic E-state index is 5.78. The second-order valence-corrected chi connectivity index (χ2v) is 4.88. The summed E-state index contributed by atoms with van der Waals surface area (Å²) in [7, 11) is 1.67. The number of hydrogen-bond donors (Lipinski definition) is 0. The molecule has 4 heteroatoms. The first kappa shape index (κ1) is 11.5. The van der Waals surface area contributed by atoms with Crippen LogP contribution in [-0.4, -0.2) is 20.5 Å². The Kier molecular flexibility index (Phi) is 2.49. The van der Waals surface area contributed by atoms with Crippen LogP contribution in [0.5, 0.6) is 23.0 Å². The van der Waals surface area contributed by atoms with Gasteiger partial charge in [-0.15, -0.1) is 0 Å². The molecule has 0 bridgehead atoms. The summed E-state index contributed by atoms with van der Waals surface area (Å²) < 4.78 is 21.8. The van der Waals surface area contributed by atoms with Crippen molar-refractivity contribution in [1.29, 1.82) is 0 Å². The molecule has 0 amide bonds. The number of rotatable bonds is 2. The molecule has 4 rings (SSSR count). The standard InChI is InChI=1S/C16H14O4/c1-17-11-4-2-10(3-5-11)13-8-18-14-7-16-15(6-12(13)14)19-9-20-16/h2-7,13H,8-9H2,1H3. The zero-order valence-electron chi connectivity index (χ0n) is 11.1. The molecule has 0 saturated carbocycles. The molecule has 0 fully saturated rings. The SMILES string of the molecule is COc1ccc(C2COc3cc4c(cc32)OCO4)cc1. The minimum Gasteiger partial charge on any atom is -0.497 e. The predicted molar refractivity (Wildman–Crippen MR) is 72.9 cm³/mol. The molecule has 20 heavy (non-hydrogen) atoms. The predicted octanol–water partition coefficient (Wildman–Crippen LogP) is 2.95. The third kappa shape index (κ3) is 1.68. The fraction of sp³-hybridized carbons (Fsp3) is 0.250. The van der Waals surface area contributed by atoms with E-state index in [1.807, 2.05) is 24.3 Å². The average Bonchev–Trinajstić information content (AvgIpc) is 3.10. The van der Waals surface area contributed by atoms with E-state index >= 15 is 0 Å². The molecule has 0 spiro atoms. The molecule has 0 saturated heterocycles. The summed E-state index contributed by atoms with van der Waals surface area (Å²) in [5.74, 6) is 3.53. The van der Waals surface area contributed by atoms with Crippen molar-refractivity contribution < 1.29 is 18.9 Å². The molecule has 0 N–H and O–H groups in total. The topological polar surface area (TPSA) is 36.9 Å². The van der Waals surface area contributed by atoms with Gasteiger partial charge in [0, 0.05) is 17.5 Å². The second kappa shape index (κ2) is 4.34. The summed E-state index contributed by atoms with van der Waals surface area (Å²) in [6.07, 6.45) is 0. The third-order valence-electron chi connectivity index (χ3n) is 3.80. The minimum atomic E-state index is 0.227. The van der Waals surface area contributed by atoms with Crippen molar-refractivity contribution in [2.24, 2.45) is 0 Å². The van der Waals surface area contributed by atoms with Crippen LogP contribution in [-0.2, 0) is 0 Å². The molecule has 2 aromatic rings. The highest BCUT2D eigenvalue weighted by molar-refractivity contribution is 5.56. The molecule has 2 heterocycles. The van der Waals surface area contributed by atoms with Crippen molar-refractivity contribution in [3.05, 3.63) is 47.5 Å². The van der Waals surface area contributed by atoms with E-state index in [1.54, 1.807) is 7.11 Å². The Balaban J connectivity index is 1.72. The van der Waals surface area contributed by atoms with E-state index in [4.69, 9.17) is 18.9 Å². The van der Waals surface area contributed by atoms with E-state index in [0.29, 0.717) is 6.61 Å². The Morgan fingerprint density at radius 1 is 0.950 bits per heavy atom. The number of hydrogen-bond acceptors (Lipinski definition) is 4. The Labute approximate surface area is 116 Å². The van der Waals surface area contributed by atoms with Gasteiger partial charge in [0.1, 0.15) is 11.5 Å². The van der Waals surface area contributed by atoms with Crippen molar-refractivity contribution in [2.45, 2.75) is 5.92 Å². The van der Waals surface area contributed by atoms with Gasteiger partial charge in [0.25, 0.3) is 0 Å². The Hall–Kier alpha value is -2.36. The molecule has 0 radical (unpaired) electrons. The summed E-state index contributed by atoms with van der Waals surface area (Å²) in [6, 6.07) is 12.0. The maximum Gasteiger partial charge on any atom is 0.231 e. The first-order valence-corrected chi connectivity index (χ1v) is 6.55. The molecule has 2 aliphatic heterocycles. The first-order valence-electron chi connectivity index (χ1n) is 6.55. The lowest BCUT2D eigenvalue weighted by Gasteiger charge is -2.10. The van der Waals surface area contributed by atoms with Gasteiger partial charge < -0.3 is 18.9 Å². The number of ether oxygens (including phenoxy) is 4. The van der Waals surface area contributed by atoms with E-state index in [1.165, 1.54) is 5.56 Å². The highest BCUT2D eigenvalue weighted by atomic mass is 16.7. The Morgan fingerprint density at radius 2 is 1.70 bits per heavy atom. The lowest BCUT2D eigenvalue weighted by molar-refractivity contribution is 0.173. The number of fused-ring (bicyclic) bond motifs is 2. The van der Waals surface area contributed by atoms with Gasteiger partial charge >= 0.3 is 0 Å². The van der Waals surface area contributed by atoms with Crippen LogP contribution in [0.25, 0.3) is 0 Å². The van der Waals surface area contributed by atoms with Gasteiger partial charge in [-0.1, -0.05) is 12.1 Å². The van der Waals surface area contributed by atoms with Crippen LogP contribution in [0.2, 0.25) is 0 Å². The van der Waals surface area contributed by atoms with E-state index < -0.39 is 0 Å². The van der Waals surface area contributed by atoms with Gasteiger partial charge in [-0.05, 0) is 23.8 Å². The van der Waals surface area contributed by atoms with Crippen molar-refractivity contribution in [3.8, 4) is 23.0 Å². The lowest BCUT2D eigenvalue weighted by Crippen LogP contribution is -2.02. The van der Waals surface area contributed by atoms with Crippen LogP contribution in [0.3, 0.4) is 0 Å². The highest BCUT2D eigenvalue weighted by Gasteiger charge is 2.29. The van der Waals surface area contributed by atoms with Crippen LogP contribution < -0.4 is 18.9 Å². The van der Waals surface area contributed by atoms with Gasteiger partial charge in [-0.25, -0.2) is 0 Å². The zero-order chi connectivity index (χ0) is 13.5. The Bertz CT molecular complexity index is 648. The number of methoxy groups -OCH3 is 1. The molecular weight excluding hydrogens is 256 g/mol. The summed E-state index contributed by atoms with van der Waals surface area (Å²) in [4.78, 5) is 0. The Morgan fingerprint density at radius 3 is 2.45 bits per heavy atom. The minimum absolute atomic E-state index is 0.227. The largest absolute Gasteiger partial charge is 0.497 e. The monoisotopic (exact) mass is 270 g/mol. The highest BCUT2D eigenvalue weighted by Crippen LogP contribution is 2.46. The lowest BCUT2D eigenvalue weighted by atomic mass is 9.93. The van der Waals surface area contributed by atoms with Crippen molar-refractivity contribution in [2.75, 3.05) is 20.5 Å². The number of benzene rings is 2. The van der Waals surface area contributed by atoms with E-state index in [9.17, 15) is 0 Å². The van der Waals surface area contributed by atoms with Crippen LogP contribution in [0.15, 0.2) is 36.4 Å². The zero-order valence-corrected chi connectivity index (χ0v) is 11.1. The third-order valence-corrected chi connectivity index (χ3v) is 3.80. The van der Waals surface area contributed by atoms with Gasteiger partial charge in [0.2, 0.25) is 6.79 Å². The van der Waals surface area contributed by atoms with E-state index in [-0.39, 0.29) is 12.7 Å². The summed E-state index contributed by atoms with van der Waals surface area (Å²) in [5.41, 5.74) is 2.36. The molecule has 102 valence electrons. The molecule has 0 aliphatic carbocycles. The summed E-state index contributed by atoms with van der Waals surface area (Å²) in [5, 5.41) is 0. The van der Waals surface area contributed by atoms with Gasteiger partial charge in [0.05, 0.1) is 13.7 Å². The van der Waals surface area contributed by atoms with Gasteiger partial charge in [0.15, 0.2) is 11.5 Å².